The molecular weight excluding hydrogens is 391 g/mol. The molecule has 1 aromatic carbocycles. The topological polar surface area (TPSA) is 56.6 Å². The second kappa shape index (κ2) is 6.04. The molecule has 2 aliphatic rings. The molecule has 0 radical (unpaired) electrons. The minimum atomic E-state index is -4.71. The van der Waals surface area contributed by atoms with Gasteiger partial charge in [-0.1, -0.05) is 6.07 Å². The largest absolute Gasteiger partial charge is 0.407 e. The predicted molar refractivity (Wildman–Crippen MR) is 100 cm³/mol. The van der Waals surface area contributed by atoms with E-state index < -0.39 is 23.0 Å². The number of carbonyl (C=O) groups is 1. The number of H-pyrrole nitrogens is 1. The van der Waals surface area contributed by atoms with Gasteiger partial charge in [-0.2, -0.15) is 18.3 Å². The molecule has 28 heavy (non-hydrogen) atoms. The van der Waals surface area contributed by atoms with Gasteiger partial charge < -0.3 is 0 Å². The summed E-state index contributed by atoms with van der Waals surface area (Å²) in [6.45, 7) is 8.78. The van der Waals surface area contributed by atoms with Gasteiger partial charge in [0, 0.05) is 17.4 Å². The number of aromatic nitrogens is 2. The zero-order valence-corrected chi connectivity index (χ0v) is 15.5. The van der Waals surface area contributed by atoms with Crippen molar-refractivity contribution in [3.63, 3.8) is 0 Å². The predicted octanol–water partition coefficient (Wildman–Crippen LogP) is 4.35. The number of benzene rings is 1. The number of amides is 1. The molecule has 1 aromatic heterocycles. The Morgan fingerprint density at radius 3 is 2.54 bits per heavy atom. The number of nitrogens with one attached hydrogen (secondary N) is 1. The average Bonchev–Trinajstić information content (AvgIpc) is 3.11. The van der Waals surface area contributed by atoms with Crippen LogP contribution in [0.5, 0.6) is 0 Å². The van der Waals surface area contributed by atoms with Crippen LogP contribution < -0.4 is 9.80 Å². The van der Waals surface area contributed by atoms with Crippen molar-refractivity contribution in [1.29, 1.82) is 0 Å². The number of anilines is 2. The van der Waals surface area contributed by atoms with Gasteiger partial charge in [-0.15, -0.1) is 0 Å². The Bertz CT molecular complexity index is 1030. The summed E-state index contributed by atoms with van der Waals surface area (Å²) in [5.41, 5.74) is -1.76. The monoisotopic (exact) mass is 405 g/mol. The van der Waals surface area contributed by atoms with E-state index in [-0.39, 0.29) is 16.7 Å². The zero-order chi connectivity index (χ0) is 20.3. The molecule has 4 rings (SSSR count). The van der Waals surface area contributed by atoms with Crippen LogP contribution in [0.3, 0.4) is 0 Å². The fraction of sp³-hybridized carbons (Fsp3) is 0.333. The molecular formula is C18H14F3N5OS. The highest BCUT2D eigenvalue weighted by atomic mass is 32.1. The number of alkyl halides is 3. The molecule has 1 aliphatic heterocycles. The summed E-state index contributed by atoms with van der Waals surface area (Å²) in [6, 6.07) is 4.93. The number of hydrogen-bond donors (Lipinski definition) is 1. The Hall–Kier alpha value is -2.93. The minimum absolute atomic E-state index is 0.00393. The van der Waals surface area contributed by atoms with Gasteiger partial charge in [-0.05, 0) is 50.5 Å². The summed E-state index contributed by atoms with van der Waals surface area (Å²) in [4.78, 5) is 18.9. The molecule has 0 atom stereocenters. The first-order chi connectivity index (χ1) is 13.2. The van der Waals surface area contributed by atoms with Gasteiger partial charge in [-0.25, -0.2) is 4.85 Å². The molecule has 2 aromatic rings. The van der Waals surface area contributed by atoms with Crippen molar-refractivity contribution in [3.8, 4) is 0 Å². The summed E-state index contributed by atoms with van der Waals surface area (Å²) >= 11 is 5.49. The second-order valence-corrected chi connectivity index (χ2v) is 7.23. The summed E-state index contributed by atoms with van der Waals surface area (Å²) in [7, 11) is 0. The van der Waals surface area contributed by atoms with E-state index in [4.69, 9.17) is 18.8 Å². The van der Waals surface area contributed by atoms with Gasteiger partial charge in [0.2, 0.25) is 0 Å². The number of halogens is 3. The number of rotatable bonds is 2. The van der Waals surface area contributed by atoms with Gasteiger partial charge in [0.05, 0.1) is 12.1 Å². The number of nitrogens with zero attached hydrogens (tertiary/aromatic N) is 4. The molecule has 2 fully saturated rings. The highest BCUT2D eigenvalue weighted by Crippen LogP contribution is 2.48. The highest BCUT2D eigenvalue weighted by Gasteiger charge is 2.60. The first-order valence-corrected chi connectivity index (χ1v) is 8.89. The standard InChI is InChI=1S/C18H14F3N5OS/c1-10-8-14(24-23-10)26-16(28)25(15(27)17(26)6-3-7-17)11-4-5-13(22-2)12(9-11)18(19,20)21/h4-5,8-9H,3,6-7H2,1H3,(H,23,24). The smallest absolute Gasteiger partial charge is 0.286 e. The van der Waals surface area contributed by atoms with Crippen LogP contribution in [0.2, 0.25) is 0 Å². The lowest BCUT2D eigenvalue weighted by Gasteiger charge is -2.41. The third-order valence-electron chi connectivity index (χ3n) is 5.18. The molecule has 1 aliphatic carbocycles. The lowest BCUT2D eigenvalue weighted by atomic mass is 9.75. The van der Waals surface area contributed by atoms with Crippen LogP contribution >= 0.6 is 12.2 Å². The molecule has 1 saturated carbocycles. The van der Waals surface area contributed by atoms with Crippen LogP contribution in [0.4, 0.5) is 30.4 Å². The zero-order valence-electron chi connectivity index (χ0n) is 14.7. The van der Waals surface area contributed by atoms with Crippen molar-refractivity contribution in [1.82, 2.24) is 10.2 Å². The van der Waals surface area contributed by atoms with Crippen molar-refractivity contribution in [2.24, 2.45) is 0 Å². The normalized spacial score (nSPS) is 18.5. The van der Waals surface area contributed by atoms with Crippen molar-refractivity contribution in [2.75, 3.05) is 9.80 Å². The highest BCUT2D eigenvalue weighted by molar-refractivity contribution is 7.81. The lowest BCUT2D eigenvalue weighted by Crippen LogP contribution is -2.55. The van der Waals surface area contributed by atoms with Crippen molar-refractivity contribution in [2.45, 2.75) is 37.9 Å². The van der Waals surface area contributed by atoms with Gasteiger partial charge in [0.15, 0.2) is 16.6 Å². The van der Waals surface area contributed by atoms with Crippen LogP contribution in [0.1, 0.15) is 30.5 Å². The Morgan fingerprint density at radius 2 is 2.04 bits per heavy atom. The molecule has 1 N–H and O–H groups in total. The van der Waals surface area contributed by atoms with Crippen molar-refractivity contribution >= 4 is 40.4 Å². The van der Waals surface area contributed by atoms with Crippen LogP contribution in [-0.4, -0.2) is 26.8 Å². The summed E-state index contributed by atoms with van der Waals surface area (Å²) in [5, 5.41) is 7.07. The Balaban J connectivity index is 1.82. The minimum Gasteiger partial charge on any atom is -0.286 e. The molecule has 1 amide bonds. The number of hydrogen-bond acceptors (Lipinski definition) is 3. The van der Waals surface area contributed by atoms with E-state index in [0.29, 0.717) is 18.7 Å². The number of thiocarbonyl (C=S) groups is 1. The first-order valence-electron chi connectivity index (χ1n) is 8.48. The molecule has 0 unspecified atom stereocenters. The average molecular weight is 405 g/mol. The number of aryl methyl sites for hydroxylation is 1. The summed E-state index contributed by atoms with van der Waals surface area (Å²) in [6.07, 6.45) is -2.82. The van der Waals surface area contributed by atoms with Crippen LogP contribution in [0.15, 0.2) is 24.3 Å². The van der Waals surface area contributed by atoms with E-state index in [9.17, 15) is 18.0 Å². The third-order valence-corrected chi connectivity index (χ3v) is 5.54. The van der Waals surface area contributed by atoms with E-state index in [2.05, 4.69) is 15.0 Å². The number of carbonyl (C=O) groups excluding carboxylic acids is 1. The van der Waals surface area contributed by atoms with E-state index in [1.807, 2.05) is 0 Å². The van der Waals surface area contributed by atoms with Crippen LogP contribution in [0, 0.1) is 13.5 Å². The van der Waals surface area contributed by atoms with Gasteiger partial charge >= 0.3 is 6.18 Å². The van der Waals surface area contributed by atoms with Crippen LogP contribution in [-0.2, 0) is 11.0 Å². The van der Waals surface area contributed by atoms with Crippen molar-refractivity contribution in [3.05, 3.63) is 46.9 Å². The Labute approximate surface area is 163 Å². The van der Waals surface area contributed by atoms with Crippen LogP contribution in [0.25, 0.3) is 4.85 Å². The molecule has 10 heteroatoms. The summed E-state index contributed by atoms with van der Waals surface area (Å²) in [5.74, 6) is 0.0972. The maximum Gasteiger partial charge on any atom is 0.407 e. The van der Waals surface area contributed by atoms with Gasteiger partial charge in [0.25, 0.3) is 5.91 Å². The van der Waals surface area contributed by atoms with E-state index in [1.165, 1.54) is 6.07 Å². The molecule has 1 spiro atoms. The van der Waals surface area contributed by atoms with Gasteiger partial charge in [-0.3, -0.25) is 19.7 Å². The fourth-order valence-corrected chi connectivity index (χ4v) is 4.13. The third kappa shape index (κ3) is 2.50. The quantitative estimate of drug-likeness (QED) is 0.596. The number of aromatic amines is 1. The summed E-state index contributed by atoms with van der Waals surface area (Å²) < 4.78 is 40.1. The molecule has 1 saturated heterocycles. The first kappa shape index (κ1) is 18.4. The van der Waals surface area contributed by atoms with E-state index in [1.54, 1.807) is 17.9 Å². The van der Waals surface area contributed by atoms with Gasteiger partial charge in [0.1, 0.15) is 5.54 Å². The van der Waals surface area contributed by atoms with Crippen molar-refractivity contribution < 1.29 is 18.0 Å². The maximum absolute atomic E-state index is 13.4. The molecule has 2 heterocycles. The Kier molecular flexibility index (Phi) is 3.97. The molecule has 6 nitrogen and oxygen atoms in total. The SMILES string of the molecule is [C-]#[N+]c1ccc(N2C(=O)C3(CCC3)N(c3cc(C)[nH]n3)C2=S)cc1C(F)(F)F. The van der Waals surface area contributed by atoms with E-state index >= 15 is 0 Å². The molecule has 144 valence electrons. The molecule has 0 bridgehead atoms. The second-order valence-electron chi connectivity index (χ2n) is 6.86. The lowest BCUT2D eigenvalue weighted by molar-refractivity contribution is -0.136. The fourth-order valence-electron chi connectivity index (χ4n) is 3.67. The Morgan fingerprint density at radius 1 is 1.32 bits per heavy atom. The van der Waals surface area contributed by atoms with E-state index in [0.717, 1.165) is 29.1 Å². The maximum atomic E-state index is 13.4.